The number of hydrogen-bond donors (Lipinski definition) is 1. The summed E-state index contributed by atoms with van der Waals surface area (Å²) in [6.07, 6.45) is 1.49. The topological polar surface area (TPSA) is 54.7 Å². The van der Waals surface area contributed by atoms with Crippen LogP contribution < -0.4 is 10.1 Å². The molecule has 0 aliphatic carbocycles. The molecule has 0 spiro atoms. The highest BCUT2D eigenvalue weighted by molar-refractivity contribution is 5.89. The largest absolute Gasteiger partial charge is 0.491 e. The summed E-state index contributed by atoms with van der Waals surface area (Å²) in [6.45, 7) is 4.02. The minimum Gasteiger partial charge on any atom is -0.491 e. The molecule has 0 radical (unpaired) electrons. The van der Waals surface area contributed by atoms with Crippen LogP contribution >= 0.6 is 0 Å². The van der Waals surface area contributed by atoms with E-state index in [1.54, 1.807) is 25.2 Å². The zero-order valence-electron chi connectivity index (χ0n) is 12.8. The van der Waals surface area contributed by atoms with Crippen LogP contribution in [0.15, 0.2) is 41.0 Å². The fraction of sp³-hybridized carbons (Fsp3) is 0.312. The number of nitrogens with zero attached hydrogens (tertiary/aromatic N) is 1. The predicted molar refractivity (Wildman–Crippen MR) is 81.4 cm³/mol. The zero-order chi connectivity index (χ0) is 16.1. The minimum absolute atomic E-state index is 0.0423. The number of halogens is 1. The van der Waals surface area contributed by atoms with Crippen molar-refractivity contribution in [1.29, 1.82) is 0 Å². The molecule has 1 heterocycles. The van der Waals surface area contributed by atoms with Crippen molar-refractivity contribution in [3.8, 4) is 5.75 Å². The molecule has 1 aromatic carbocycles. The first kappa shape index (κ1) is 15.9. The Hall–Kier alpha value is -2.50. The van der Waals surface area contributed by atoms with E-state index in [-0.39, 0.29) is 11.8 Å². The minimum atomic E-state index is -0.544. The van der Waals surface area contributed by atoms with Crippen LogP contribution in [-0.2, 0) is 6.54 Å². The first-order valence-electron chi connectivity index (χ1n) is 6.96. The highest BCUT2D eigenvalue weighted by atomic mass is 19.1. The molecule has 118 valence electrons. The molecule has 0 fully saturated rings. The molecular formula is C16H19FN2O3. The van der Waals surface area contributed by atoms with Gasteiger partial charge in [-0.3, -0.25) is 0 Å². The van der Waals surface area contributed by atoms with Crippen molar-refractivity contribution in [3.05, 3.63) is 48.2 Å². The number of ether oxygens (including phenoxy) is 1. The lowest BCUT2D eigenvalue weighted by molar-refractivity contribution is 0.216. The van der Waals surface area contributed by atoms with E-state index in [0.717, 1.165) is 0 Å². The maximum atomic E-state index is 14.0. The van der Waals surface area contributed by atoms with Gasteiger partial charge in [-0.2, -0.15) is 0 Å². The third kappa shape index (κ3) is 4.25. The summed E-state index contributed by atoms with van der Waals surface area (Å²) in [7, 11) is 1.60. The molecule has 2 rings (SSSR count). The number of urea groups is 1. The van der Waals surface area contributed by atoms with E-state index in [9.17, 15) is 9.18 Å². The maximum absolute atomic E-state index is 14.0. The Labute approximate surface area is 128 Å². The molecule has 0 bridgehead atoms. The molecule has 0 aliphatic rings. The van der Waals surface area contributed by atoms with Crippen molar-refractivity contribution in [2.45, 2.75) is 26.5 Å². The Morgan fingerprint density at radius 1 is 1.41 bits per heavy atom. The molecule has 0 unspecified atom stereocenters. The van der Waals surface area contributed by atoms with Crippen LogP contribution in [0.2, 0.25) is 0 Å². The summed E-state index contributed by atoms with van der Waals surface area (Å²) >= 11 is 0. The van der Waals surface area contributed by atoms with Gasteiger partial charge in [-0.05, 0) is 38.1 Å². The van der Waals surface area contributed by atoms with Crippen LogP contribution in [0.3, 0.4) is 0 Å². The summed E-state index contributed by atoms with van der Waals surface area (Å²) in [5.41, 5.74) is 0.104. The van der Waals surface area contributed by atoms with Crippen molar-refractivity contribution < 1.29 is 18.3 Å². The number of hydrogen-bond acceptors (Lipinski definition) is 3. The Bertz CT molecular complexity index is 626. The Balaban J connectivity index is 1.98. The number of rotatable bonds is 5. The van der Waals surface area contributed by atoms with E-state index in [1.165, 1.54) is 23.3 Å². The van der Waals surface area contributed by atoms with E-state index < -0.39 is 11.8 Å². The average molecular weight is 306 g/mol. The van der Waals surface area contributed by atoms with Crippen LogP contribution in [0, 0.1) is 5.82 Å². The monoisotopic (exact) mass is 306 g/mol. The molecule has 1 N–H and O–H groups in total. The van der Waals surface area contributed by atoms with Crippen LogP contribution in [-0.4, -0.2) is 24.1 Å². The fourth-order valence-corrected chi connectivity index (χ4v) is 1.86. The first-order valence-corrected chi connectivity index (χ1v) is 6.96. The molecule has 0 aliphatic heterocycles. The quantitative estimate of drug-likeness (QED) is 0.912. The molecule has 0 saturated heterocycles. The van der Waals surface area contributed by atoms with E-state index >= 15 is 0 Å². The molecule has 1 aromatic heterocycles. The molecule has 5 nitrogen and oxygen atoms in total. The van der Waals surface area contributed by atoms with Gasteiger partial charge in [0.05, 0.1) is 24.6 Å². The van der Waals surface area contributed by atoms with Crippen LogP contribution in [0.5, 0.6) is 5.75 Å². The summed E-state index contributed by atoms with van der Waals surface area (Å²) in [6, 6.07) is 7.43. The first-order chi connectivity index (χ1) is 10.5. The van der Waals surface area contributed by atoms with Gasteiger partial charge in [0.1, 0.15) is 17.3 Å². The van der Waals surface area contributed by atoms with E-state index in [4.69, 9.17) is 9.15 Å². The molecule has 22 heavy (non-hydrogen) atoms. The molecule has 0 atom stereocenters. The Morgan fingerprint density at radius 3 is 2.77 bits per heavy atom. The van der Waals surface area contributed by atoms with Crippen LogP contribution in [0.1, 0.15) is 19.6 Å². The third-order valence-corrected chi connectivity index (χ3v) is 2.87. The van der Waals surface area contributed by atoms with Crippen LogP contribution in [0.25, 0.3) is 0 Å². The maximum Gasteiger partial charge on any atom is 0.322 e. The van der Waals surface area contributed by atoms with Gasteiger partial charge in [-0.25, -0.2) is 9.18 Å². The van der Waals surface area contributed by atoms with E-state index in [0.29, 0.717) is 18.1 Å². The van der Waals surface area contributed by atoms with Gasteiger partial charge in [0.25, 0.3) is 0 Å². The molecule has 2 aromatic rings. The second kappa shape index (κ2) is 6.98. The number of benzene rings is 1. The van der Waals surface area contributed by atoms with Crippen molar-refractivity contribution in [1.82, 2.24) is 4.90 Å². The lowest BCUT2D eigenvalue weighted by Crippen LogP contribution is -2.31. The van der Waals surface area contributed by atoms with E-state index in [1.807, 2.05) is 13.8 Å². The highest BCUT2D eigenvalue weighted by Crippen LogP contribution is 2.22. The Kier molecular flexibility index (Phi) is 5.04. The smallest absolute Gasteiger partial charge is 0.322 e. The lowest BCUT2D eigenvalue weighted by Gasteiger charge is -2.17. The lowest BCUT2D eigenvalue weighted by atomic mass is 10.3. The standard InChI is InChI=1S/C16H19FN2O3/c1-11(2)22-12-6-7-15(14(17)9-12)18-16(20)19(3)10-13-5-4-8-21-13/h4-9,11H,10H2,1-3H3,(H,18,20). The van der Waals surface area contributed by atoms with Crippen molar-refractivity contribution >= 4 is 11.7 Å². The molecule has 6 heteroatoms. The number of anilines is 1. The van der Waals surface area contributed by atoms with Crippen molar-refractivity contribution in [2.75, 3.05) is 12.4 Å². The summed E-state index contributed by atoms with van der Waals surface area (Å²) in [5.74, 6) is 0.533. The third-order valence-electron chi connectivity index (χ3n) is 2.87. The number of carbonyl (C=O) groups is 1. The SMILES string of the molecule is CC(C)Oc1ccc(NC(=O)N(C)Cc2ccco2)c(F)c1. The predicted octanol–water partition coefficient (Wildman–Crippen LogP) is 3.87. The number of carbonyl (C=O) groups excluding carboxylic acids is 1. The van der Waals surface area contributed by atoms with Gasteiger partial charge in [-0.15, -0.1) is 0 Å². The zero-order valence-corrected chi connectivity index (χ0v) is 12.8. The number of nitrogens with one attached hydrogen (secondary N) is 1. The van der Waals surface area contributed by atoms with Gasteiger partial charge < -0.3 is 19.4 Å². The van der Waals surface area contributed by atoms with E-state index in [2.05, 4.69) is 5.32 Å². The van der Waals surface area contributed by atoms with Gasteiger partial charge in [0, 0.05) is 13.1 Å². The Morgan fingerprint density at radius 2 is 2.18 bits per heavy atom. The van der Waals surface area contributed by atoms with Gasteiger partial charge in [-0.1, -0.05) is 0 Å². The van der Waals surface area contributed by atoms with Crippen molar-refractivity contribution in [2.24, 2.45) is 0 Å². The second-order valence-corrected chi connectivity index (χ2v) is 5.17. The molecule has 0 saturated carbocycles. The average Bonchev–Trinajstić information content (AvgIpc) is 2.94. The fourth-order valence-electron chi connectivity index (χ4n) is 1.86. The van der Waals surface area contributed by atoms with Crippen molar-refractivity contribution in [3.63, 3.8) is 0 Å². The van der Waals surface area contributed by atoms with Gasteiger partial charge >= 0.3 is 6.03 Å². The highest BCUT2D eigenvalue weighted by Gasteiger charge is 2.13. The molecule has 2 amide bonds. The summed E-state index contributed by atoms with van der Waals surface area (Å²) < 4.78 is 24.5. The summed E-state index contributed by atoms with van der Waals surface area (Å²) in [4.78, 5) is 13.4. The van der Waals surface area contributed by atoms with Gasteiger partial charge in [0.2, 0.25) is 0 Å². The second-order valence-electron chi connectivity index (χ2n) is 5.17. The van der Waals surface area contributed by atoms with Gasteiger partial charge in [0.15, 0.2) is 0 Å². The normalized spacial score (nSPS) is 10.6. The number of amides is 2. The van der Waals surface area contributed by atoms with Crippen LogP contribution in [0.4, 0.5) is 14.9 Å². The molecular weight excluding hydrogens is 287 g/mol. The number of furan rings is 1. The summed E-state index contributed by atoms with van der Waals surface area (Å²) in [5, 5.41) is 2.52.